The molecule has 2 aliphatic heterocycles. The molecule has 0 saturated carbocycles. The first kappa shape index (κ1) is 21.9. The number of H-pyrrole nitrogens is 1. The van der Waals surface area contributed by atoms with E-state index >= 15 is 0 Å². The maximum absolute atomic E-state index is 13.8. The number of hydrogen-bond acceptors (Lipinski definition) is 3. The maximum atomic E-state index is 13.8. The lowest BCUT2D eigenvalue weighted by Gasteiger charge is -2.47. The second kappa shape index (κ2) is 8.57. The lowest BCUT2D eigenvalue weighted by Crippen LogP contribution is -2.62. The van der Waals surface area contributed by atoms with Crippen LogP contribution in [0.1, 0.15) is 28.4 Å². The highest BCUT2D eigenvalue weighted by atomic mass is 79.9. The van der Waals surface area contributed by atoms with Gasteiger partial charge in [0.1, 0.15) is 18.3 Å². The minimum atomic E-state index is -0.551. The Morgan fingerprint density at radius 3 is 2.60 bits per heavy atom. The number of fused-ring (bicyclic) bond motifs is 4. The molecule has 0 spiro atoms. The van der Waals surface area contributed by atoms with Gasteiger partial charge < -0.3 is 19.5 Å². The monoisotopic (exact) mass is 529 g/mol. The second-order valence-electron chi connectivity index (χ2n) is 9.08. The van der Waals surface area contributed by atoms with E-state index in [1.807, 2.05) is 66.7 Å². The molecule has 1 fully saturated rings. The summed E-state index contributed by atoms with van der Waals surface area (Å²) in [5, 5.41) is 1.11. The van der Waals surface area contributed by atoms with Gasteiger partial charge in [0.05, 0.1) is 13.2 Å². The van der Waals surface area contributed by atoms with E-state index in [9.17, 15) is 9.59 Å². The Morgan fingerprint density at radius 2 is 1.83 bits per heavy atom. The van der Waals surface area contributed by atoms with Gasteiger partial charge in [-0.2, -0.15) is 0 Å². The fourth-order valence-electron chi connectivity index (χ4n) is 5.43. The fraction of sp³-hybridized carbons (Fsp3) is 0.214. The number of aromatic nitrogens is 1. The van der Waals surface area contributed by atoms with E-state index in [0.717, 1.165) is 43.5 Å². The number of piperazine rings is 1. The van der Waals surface area contributed by atoms with Gasteiger partial charge in [-0.1, -0.05) is 58.4 Å². The van der Waals surface area contributed by atoms with Crippen LogP contribution < -0.4 is 4.74 Å². The van der Waals surface area contributed by atoms with Crippen LogP contribution in [0.5, 0.6) is 5.75 Å². The van der Waals surface area contributed by atoms with Crippen molar-refractivity contribution >= 4 is 38.6 Å². The van der Waals surface area contributed by atoms with Gasteiger partial charge in [0.25, 0.3) is 0 Å². The smallest absolute Gasteiger partial charge is 0.246 e. The molecule has 3 heterocycles. The number of nitrogens with zero attached hydrogens (tertiary/aromatic N) is 2. The molecule has 3 aromatic carbocycles. The molecule has 1 N–H and O–H groups in total. The summed E-state index contributed by atoms with van der Waals surface area (Å²) in [7, 11) is 1.63. The molecule has 2 amide bonds. The molecule has 7 heteroatoms. The number of hydrogen-bond donors (Lipinski definition) is 1. The third-order valence-electron chi connectivity index (χ3n) is 7.04. The number of para-hydroxylation sites is 1. The SMILES string of the molecule is COc1ccc(CN2CC(=O)N3C(c4cccc(Br)c4)c4[nH]c5ccccc5c4C[C@H]3C2=O)cc1. The van der Waals surface area contributed by atoms with Crippen molar-refractivity contribution in [1.29, 1.82) is 0 Å². The Hall–Kier alpha value is -3.58. The van der Waals surface area contributed by atoms with Crippen LogP contribution in [0.25, 0.3) is 10.9 Å². The number of aromatic amines is 1. The van der Waals surface area contributed by atoms with Crippen LogP contribution in [-0.2, 0) is 22.6 Å². The van der Waals surface area contributed by atoms with E-state index in [1.165, 1.54) is 0 Å². The summed E-state index contributed by atoms with van der Waals surface area (Å²) < 4.78 is 6.18. The highest BCUT2D eigenvalue weighted by Gasteiger charge is 2.48. The predicted octanol–water partition coefficient (Wildman–Crippen LogP) is 4.82. The summed E-state index contributed by atoms with van der Waals surface area (Å²) in [6.07, 6.45) is 0.494. The van der Waals surface area contributed by atoms with E-state index in [0.29, 0.717) is 13.0 Å². The van der Waals surface area contributed by atoms with Crippen molar-refractivity contribution in [2.24, 2.45) is 0 Å². The third kappa shape index (κ3) is 3.71. The molecule has 4 aromatic rings. The molecule has 0 radical (unpaired) electrons. The Balaban J connectivity index is 1.42. The number of rotatable bonds is 4. The average molecular weight is 530 g/mol. The number of benzene rings is 3. The topological polar surface area (TPSA) is 65.6 Å². The molecule has 6 nitrogen and oxygen atoms in total. The summed E-state index contributed by atoms with van der Waals surface area (Å²) in [4.78, 5) is 34.5. The molecule has 1 saturated heterocycles. The molecule has 0 bridgehead atoms. The zero-order chi connectivity index (χ0) is 24.1. The van der Waals surface area contributed by atoms with Crippen LogP contribution in [0.4, 0.5) is 0 Å². The molecule has 2 aliphatic rings. The van der Waals surface area contributed by atoms with E-state index in [-0.39, 0.29) is 24.4 Å². The third-order valence-corrected chi connectivity index (χ3v) is 7.53. The zero-order valence-corrected chi connectivity index (χ0v) is 20.8. The standard InChI is InChI=1S/C28H24BrN3O3/c1-35-20-11-9-17(10-12-20)15-31-16-25(33)32-24(28(31)34)14-22-21-7-2-3-8-23(21)30-26(22)27(32)18-5-4-6-19(29)13-18/h2-13,24,27,30H,14-16H2,1H3/t24-,27?/m0/s1. The molecule has 176 valence electrons. The summed E-state index contributed by atoms with van der Waals surface area (Å²) in [6.45, 7) is 0.447. The van der Waals surface area contributed by atoms with Crippen molar-refractivity contribution in [2.75, 3.05) is 13.7 Å². The number of amides is 2. The molecule has 35 heavy (non-hydrogen) atoms. The minimum absolute atomic E-state index is 0.0173. The van der Waals surface area contributed by atoms with Gasteiger partial charge in [0, 0.05) is 34.0 Å². The first-order valence-corrected chi connectivity index (χ1v) is 12.4. The van der Waals surface area contributed by atoms with E-state index in [2.05, 4.69) is 27.0 Å². The van der Waals surface area contributed by atoms with Crippen molar-refractivity contribution in [3.63, 3.8) is 0 Å². The Labute approximate surface area is 211 Å². The fourth-order valence-corrected chi connectivity index (χ4v) is 5.85. The van der Waals surface area contributed by atoms with E-state index < -0.39 is 6.04 Å². The minimum Gasteiger partial charge on any atom is -0.497 e. The van der Waals surface area contributed by atoms with E-state index in [1.54, 1.807) is 16.9 Å². The number of halogens is 1. The predicted molar refractivity (Wildman–Crippen MR) is 137 cm³/mol. The molecular weight excluding hydrogens is 506 g/mol. The number of carbonyl (C=O) groups excluding carboxylic acids is 2. The second-order valence-corrected chi connectivity index (χ2v) is 10.00. The normalized spacial score (nSPS) is 19.6. The largest absolute Gasteiger partial charge is 0.497 e. The summed E-state index contributed by atoms with van der Waals surface area (Å²) >= 11 is 3.58. The van der Waals surface area contributed by atoms with Crippen LogP contribution in [0.3, 0.4) is 0 Å². The number of ether oxygens (including phenoxy) is 1. The maximum Gasteiger partial charge on any atom is 0.246 e. The molecular formula is C28H24BrN3O3. The van der Waals surface area contributed by atoms with Crippen molar-refractivity contribution in [2.45, 2.75) is 25.0 Å². The van der Waals surface area contributed by atoms with Gasteiger partial charge in [0.2, 0.25) is 11.8 Å². The van der Waals surface area contributed by atoms with Gasteiger partial charge in [0.15, 0.2) is 0 Å². The quantitative estimate of drug-likeness (QED) is 0.412. The first-order chi connectivity index (χ1) is 17.0. The number of nitrogens with one attached hydrogen (secondary N) is 1. The summed E-state index contributed by atoms with van der Waals surface area (Å²) in [5.74, 6) is 0.700. The molecule has 1 unspecified atom stereocenters. The highest BCUT2D eigenvalue weighted by molar-refractivity contribution is 9.10. The first-order valence-electron chi connectivity index (χ1n) is 11.6. The molecule has 6 rings (SSSR count). The van der Waals surface area contributed by atoms with Crippen LogP contribution in [0.15, 0.2) is 77.3 Å². The lowest BCUT2D eigenvalue weighted by molar-refractivity contribution is -0.159. The van der Waals surface area contributed by atoms with Gasteiger partial charge in [-0.25, -0.2) is 0 Å². The Bertz CT molecular complexity index is 1450. The number of carbonyl (C=O) groups is 2. The molecule has 2 atom stereocenters. The van der Waals surface area contributed by atoms with Gasteiger partial charge in [-0.05, 0) is 47.0 Å². The molecule has 0 aliphatic carbocycles. The molecule has 1 aromatic heterocycles. The van der Waals surface area contributed by atoms with Crippen LogP contribution >= 0.6 is 15.9 Å². The van der Waals surface area contributed by atoms with Crippen LogP contribution in [-0.4, -0.2) is 46.3 Å². The lowest BCUT2D eigenvalue weighted by atomic mass is 9.86. The van der Waals surface area contributed by atoms with Crippen molar-refractivity contribution in [3.8, 4) is 5.75 Å². The van der Waals surface area contributed by atoms with Crippen LogP contribution in [0.2, 0.25) is 0 Å². The Morgan fingerprint density at radius 1 is 1.03 bits per heavy atom. The summed E-state index contributed by atoms with van der Waals surface area (Å²) in [6, 6.07) is 22.9. The van der Waals surface area contributed by atoms with E-state index in [4.69, 9.17) is 4.74 Å². The van der Waals surface area contributed by atoms with Crippen molar-refractivity contribution in [3.05, 3.63) is 99.7 Å². The van der Waals surface area contributed by atoms with Crippen molar-refractivity contribution < 1.29 is 14.3 Å². The van der Waals surface area contributed by atoms with Crippen molar-refractivity contribution in [1.82, 2.24) is 14.8 Å². The average Bonchev–Trinajstić information content (AvgIpc) is 3.24. The van der Waals surface area contributed by atoms with Gasteiger partial charge in [-0.3, -0.25) is 9.59 Å². The summed E-state index contributed by atoms with van der Waals surface area (Å²) in [5.41, 5.74) is 5.06. The van der Waals surface area contributed by atoms with Gasteiger partial charge in [-0.15, -0.1) is 0 Å². The van der Waals surface area contributed by atoms with Crippen LogP contribution in [0, 0.1) is 0 Å². The highest BCUT2D eigenvalue weighted by Crippen LogP contribution is 2.43. The Kier molecular flexibility index (Phi) is 5.37. The zero-order valence-electron chi connectivity index (χ0n) is 19.2. The van der Waals surface area contributed by atoms with Gasteiger partial charge >= 0.3 is 0 Å². The number of methoxy groups -OCH3 is 1.